The van der Waals surface area contributed by atoms with E-state index in [1.807, 2.05) is 0 Å². The zero-order valence-electron chi connectivity index (χ0n) is 22.3. The molecular formula is C29H50O5. The Balaban J connectivity index is 1.55. The molecule has 0 heterocycles. The lowest BCUT2D eigenvalue weighted by Gasteiger charge is -2.61. The molecule has 0 aromatic heterocycles. The molecule has 4 aliphatic rings. The minimum absolute atomic E-state index is 0.0172. The largest absolute Gasteiger partial charge is 0.390 e. The second-order valence-corrected chi connectivity index (χ2v) is 13.6. The summed E-state index contributed by atoms with van der Waals surface area (Å²) in [6.07, 6.45) is 3.69. The summed E-state index contributed by atoms with van der Waals surface area (Å²) in [5, 5.41) is 43.1. The number of ketones is 1. The van der Waals surface area contributed by atoms with Crippen LogP contribution >= 0.6 is 0 Å². The van der Waals surface area contributed by atoms with Crippen LogP contribution in [0.5, 0.6) is 0 Å². The van der Waals surface area contributed by atoms with E-state index in [4.69, 9.17) is 0 Å². The first-order chi connectivity index (χ1) is 15.9. The van der Waals surface area contributed by atoms with E-state index >= 15 is 0 Å². The topological polar surface area (TPSA) is 98.0 Å². The highest BCUT2D eigenvalue weighted by Crippen LogP contribution is 2.67. The van der Waals surface area contributed by atoms with Gasteiger partial charge in [-0.05, 0) is 90.8 Å². The minimum Gasteiger partial charge on any atom is -0.390 e. The second kappa shape index (κ2) is 9.43. The van der Waals surface area contributed by atoms with Crippen LogP contribution in [0.2, 0.25) is 0 Å². The maximum absolute atomic E-state index is 13.4. The number of hydrogen-bond acceptors (Lipinski definition) is 5. The second-order valence-electron chi connectivity index (χ2n) is 13.6. The Hall–Kier alpha value is -0.490. The van der Waals surface area contributed by atoms with Crippen LogP contribution in [0.15, 0.2) is 0 Å². The van der Waals surface area contributed by atoms with Crippen molar-refractivity contribution < 1.29 is 25.2 Å². The van der Waals surface area contributed by atoms with Crippen molar-refractivity contribution in [2.24, 2.45) is 58.2 Å². The van der Waals surface area contributed by atoms with Gasteiger partial charge in [-0.15, -0.1) is 0 Å². The molecule has 0 spiro atoms. The van der Waals surface area contributed by atoms with Crippen molar-refractivity contribution in [1.82, 2.24) is 0 Å². The molecule has 4 N–H and O–H groups in total. The number of aliphatic hydroxyl groups is 4. The molecule has 5 heteroatoms. The minimum atomic E-state index is -0.783. The van der Waals surface area contributed by atoms with Gasteiger partial charge in [0.2, 0.25) is 0 Å². The Morgan fingerprint density at radius 2 is 1.59 bits per heavy atom. The molecule has 0 aliphatic heterocycles. The van der Waals surface area contributed by atoms with Gasteiger partial charge in [0.05, 0.1) is 24.4 Å². The van der Waals surface area contributed by atoms with Crippen molar-refractivity contribution in [3.8, 4) is 0 Å². The van der Waals surface area contributed by atoms with Gasteiger partial charge in [0.25, 0.3) is 0 Å². The highest BCUT2D eigenvalue weighted by atomic mass is 16.3. The molecule has 4 fully saturated rings. The van der Waals surface area contributed by atoms with Crippen LogP contribution in [0, 0.1) is 58.2 Å². The summed E-state index contributed by atoms with van der Waals surface area (Å²) < 4.78 is 0. The molecular weight excluding hydrogens is 428 g/mol. The smallest absolute Gasteiger partial charge is 0.136 e. The van der Waals surface area contributed by atoms with Gasteiger partial charge in [-0.2, -0.15) is 0 Å². The maximum atomic E-state index is 13.4. The Morgan fingerprint density at radius 1 is 0.941 bits per heavy atom. The summed E-state index contributed by atoms with van der Waals surface area (Å²) >= 11 is 0. The quantitative estimate of drug-likeness (QED) is 0.459. The third-order valence-electron chi connectivity index (χ3n) is 11.8. The van der Waals surface area contributed by atoms with Gasteiger partial charge in [-0.1, -0.05) is 48.0 Å². The molecule has 0 saturated heterocycles. The van der Waals surface area contributed by atoms with Crippen molar-refractivity contribution in [3.63, 3.8) is 0 Å². The molecule has 34 heavy (non-hydrogen) atoms. The van der Waals surface area contributed by atoms with E-state index in [2.05, 4.69) is 41.5 Å². The lowest BCUT2D eigenvalue weighted by atomic mass is 9.44. The first kappa shape index (κ1) is 26.6. The summed E-state index contributed by atoms with van der Waals surface area (Å²) in [5.74, 6) is 2.12. The standard InChI is InChI=1S/C29H50O5/c1-7-17(15(2)3)27(34)26(33)16(4)19-8-9-20-18-12-23(30)22-13-24(31)25(32)14-29(22,6)21(18)10-11-28(19,20)5/h15-22,24-27,31-34H,7-14H2,1-6H3/t16-,17-,18?,19+,20?,21?,22+,24-,25-,26-,27-,28+,29+/m0/s1. The Bertz CT molecular complexity index is 753. The van der Waals surface area contributed by atoms with E-state index in [0.29, 0.717) is 48.9 Å². The Morgan fingerprint density at radius 3 is 2.21 bits per heavy atom. The van der Waals surface area contributed by atoms with Gasteiger partial charge in [0.1, 0.15) is 5.78 Å². The third kappa shape index (κ3) is 4.01. The monoisotopic (exact) mass is 478 g/mol. The predicted molar refractivity (Wildman–Crippen MR) is 133 cm³/mol. The van der Waals surface area contributed by atoms with Crippen LogP contribution in [0.25, 0.3) is 0 Å². The number of rotatable bonds is 6. The number of carbonyl (C=O) groups excluding carboxylic acids is 1. The van der Waals surface area contributed by atoms with E-state index < -0.39 is 24.4 Å². The summed E-state index contributed by atoms with van der Waals surface area (Å²) in [4.78, 5) is 13.4. The Kier molecular flexibility index (Phi) is 7.37. The molecule has 13 atom stereocenters. The van der Waals surface area contributed by atoms with Gasteiger partial charge >= 0.3 is 0 Å². The normalized spacial score (nSPS) is 48.0. The van der Waals surface area contributed by atoms with E-state index in [-0.39, 0.29) is 34.4 Å². The van der Waals surface area contributed by atoms with Crippen molar-refractivity contribution in [2.75, 3.05) is 0 Å². The van der Waals surface area contributed by atoms with Crippen molar-refractivity contribution in [1.29, 1.82) is 0 Å². The molecule has 0 radical (unpaired) electrons. The fourth-order valence-electron chi connectivity index (χ4n) is 9.89. The summed E-state index contributed by atoms with van der Waals surface area (Å²) in [5.41, 5.74) is -0.165. The van der Waals surface area contributed by atoms with Crippen LogP contribution in [0.3, 0.4) is 0 Å². The number of hydrogen-bond donors (Lipinski definition) is 4. The Labute approximate surface area is 206 Å². The van der Waals surface area contributed by atoms with Crippen molar-refractivity contribution in [3.05, 3.63) is 0 Å². The van der Waals surface area contributed by atoms with Crippen molar-refractivity contribution >= 4 is 5.78 Å². The van der Waals surface area contributed by atoms with Gasteiger partial charge < -0.3 is 20.4 Å². The van der Waals surface area contributed by atoms with Gasteiger partial charge in [0, 0.05) is 12.3 Å². The van der Waals surface area contributed by atoms with Crippen LogP contribution < -0.4 is 0 Å². The van der Waals surface area contributed by atoms with Crippen LogP contribution in [-0.2, 0) is 4.79 Å². The molecule has 196 valence electrons. The number of aliphatic hydroxyl groups excluding tert-OH is 4. The molecule has 4 rings (SSSR count). The van der Waals surface area contributed by atoms with Gasteiger partial charge in [-0.3, -0.25) is 4.79 Å². The molecule has 0 bridgehead atoms. The summed E-state index contributed by atoms with van der Waals surface area (Å²) in [6, 6.07) is 0. The zero-order chi connectivity index (χ0) is 25.2. The van der Waals surface area contributed by atoms with E-state index in [9.17, 15) is 25.2 Å². The number of carbonyl (C=O) groups is 1. The third-order valence-corrected chi connectivity index (χ3v) is 11.8. The first-order valence-electron chi connectivity index (χ1n) is 14.1. The van der Waals surface area contributed by atoms with E-state index in [0.717, 1.165) is 32.1 Å². The molecule has 4 saturated carbocycles. The number of fused-ring (bicyclic) bond motifs is 5. The molecule has 0 aromatic rings. The van der Waals surface area contributed by atoms with Crippen LogP contribution in [0.1, 0.15) is 92.9 Å². The molecule has 4 aliphatic carbocycles. The average Bonchev–Trinajstić information content (AvgIpc) is 3.12. The summed E-state index contributed by atoms with van der Waals surface area (Å²) in [6.45, 7) is 13.1. The van der Waals surface area contributed by atoms with Crippen LogP contribution in [-0.4, -0.2) is 50.6 Å². The van der Waals surface area contributed by atoms with Gasteiger partial charge in [0.15, 0.2) is 0 Å². The zero-order valence-corrected chi connectivity index (χ0v) is 22.3. The lowest BCUT2D eigenvalue weighted by molar-refractivity contribution is -0.175. The maximum Gasteiger partial charge on any atom is 0.136 e. The van der Waals surface area contributed by atoms with E-state index in [1.54, 1.807) is 0 Å². The fourth-order valence-corrected chi connectivity index (χ4v) is 9.89. The van der Waals surface area contributed by atoms with Crippen molar-refractivity contribution in [2.45, 2.75) is 117 Å². The van der Waals surface area contributed by atoms with E-state index in [1.165, 1.54) is 0 Å². The lowest BCUT2D eigenvalue weighted by Crippen LogP contribution is -2.59. The molecule has 0 aromatic carbocycles. The molecule has 3 unspecified atom stereocenters. The SMILES string of the molecule is CC[C@@H](C(C)C)[C@H](O)[C@@H](O)[C@@H](C)[C@H]1CCC2C3CC(=O)[C@H]4C[C@H](O)[C@@H](O)C[C@]4(C)C3CC[C@@]21C. The molecule has 0 amide bonds. The summed E-state index contributed by atoms with van der Waals surface area (Å²) in [7, 11) is 0. The van der Waals surface area contributed by atoms with Crippen LogP contribution in [0.4, 0.5) is 0 Å². The first-order valence-corrected chi connectivity index (χ1v) is 14.1. The average molecular weight is 479 g/mol. The highest BCUT2D eigenvalue weighted by Gasteiger charge is 2.63. The van der Waals surface area contributed by atoms with Gasteiger partial charge in [-0.25, -0.2) is 0 Å². The fraction of sp³-hybridized carbons (Fsp3) is 0.966. The molecule has 5 nitrogen and oxygen atoms in total. The predicted octanol–water partition coefficient (Wildman–Crippen LogP) is 4.20. The number of Topliss-reactive ketones (excluding diaryl/α,β-unsaturated/α-hetero) is 1. The highest BCUT2D eigenvalue weighted by molar-refractivity contribution is 5.83.